The van der Waals surface area contributed by atoms with Crippen LogP contribution in [0.25, 0.3) is 10.2 Å². The Kier molecular flexibility index (Phi) is 5.29. The number of benzene rings is 1. The fraction of sp³-hybridized carbons (Fsp3) is 0.579. The van der Waals surface area contributed by atoms with Crippen LogP contribution in [0.1, 0.15) is 24.3 Å². The Labute approximate surface area is 152 Å². The summed E-state index contributed by atoms with van der Waals surface area (Å²) in [5, 5.41) is 1.07. The molecule has 0 aliphatic carbocycles. The van der Waals surface area contributed by atoms with Crippen molar-refractivity contribution in [3.05, 3.63) is 29.3 Å². The van der Waals surface area contributed by atoms with E-state index >= 15 is 0 Å². The third-order valence-electron chi connectivity index (χ3n) is 5.27. The van der Waals surface area contributed by atoms with Crippen molar-refractivity contribution in [1.82, 2.24) is 14.8 Å². The van der Waals surface area contributed by atoms with E-state index in [1.807, 2.05) is 23.1 Å². The van der Waals surface area contributed by atoms with Crippen molar-refractivity contribution in [2.45, 2.75) is 31.7 Å². The van der Waals surface area contributed by atoms with Crippen LogP contribution < -0.4 is 0 Å². The zero-order valence-electron chi connectivity index (χ0n) is 14.5. The number of amides is 1. The molecule has 25 heavy (non-hydrogen) atoms. The second-order valence-corrected chi connectivity index (χ2v) is 7.95. The van der Waals surface area contributed by atoms with Crippen molar-refractivity contribution < 1.29 is 9.53 Å². The normalized spacial score (nSPS) is 20.2. The van der Waals surface area contributed by atoms with Crippen molar-refractivity contribution in [3.8, 4) is 0 Å². The van der Waals surface area contributed by atoms with Crippen LogP contribution in [0.15, 0.2) is 24.3 Å². The number of likely N-dealkylation sites (tertiary alicyclic amines) is 1. The van der Waals surface area contributed by atoms with Gasteiger partial charge in [0.25, 0.3) is 0 Å². The molecule has 2 aliphatic rings. The van der Waals surface area contributed by atoms with Crippen molar-refractivity contribution >= 4 is 27.5 Å². The number of morpholine rings is 1. The van der Waals surface area contributed by atoms with Gasteiger partial charge >= 0.3 is 0 Å². The number of thiazole rings is 1. The highest BCUT2D eigenvalue weighted by Gasteiger charge is 2.27. The molecule has 2 aromatic rings. The summed E-state index contributed by atoms with van der Waals surface area (Å²) in [5.41, 5.74) is 1.04. The molecule has 0 bridgehead atoms. The monoisotopic (exact) mass is 359 g/mol. The maximum Gasteiger partial charge on any atom is 0.222 e. The molecule has 4 rings (SSSR count). The number of aromatic nitrogens is 1. The van der Waals surface area contributed by atoms with Crippen LogP contribution >= 0.6 is 11.3 Å². The third kappa shape index (κ3) is 4.02. The van der Waals surface area contributed by atoms with Crippen molar-refractivity contribution in [2.75, 3.05) is 39.4 Å². The zero-order chi connectivity index (χ0) is 17.1. The van der Waals surface area contributed by atoms with Gasteiger partial charge in [0.05, 0.1) is 28.4 Å². The summed E-state index contributed by atoms with van der Waals surface area (Å²) in [5.74, 6) is 0.277. The highest BCUT2D eigenvalue weighted by atomic mass is 32.1. The number of hydrogen-bond donors (Lipinski definition) is 0. The van der Waals surface area contributed by atoms with Gasteiger partial charge < -0.3 is 9.64 Å². The van der Waals surface area contributed by atoms with Crippen LogP contribution in [0, 0.1) is 0 Å². The van der Waals surface area contributed by atoms with E-state index in [0.29, 0.717) is 12.5 Å². The van der Waals surface area contributed by atoms with Gasteiger partial charge in [-0.1, -0.05) is 12.1 Å². The first-order chi connectivity index (χ1) is 12.3. The molecule has 2 fully saturated rings. The maximum absolute atomic E-state index is 12.5. The second-order valence-electron chi connectivity index (χ2n) is 6.84. The lowest BCUT2D eigenvalue weighted by atomic mass is 10.0. The van der Waals surface area contributed by atoms with Gasteiger partial charge in [-0.05, 0) is 25.0 Å². The first-order valence-electron chi connectivity index (χ1n) is 9.23. The molecular formula is C19H25N3O2S. The van der Waals surface area contributed by atoms with E-state index in [0.717, 1.165) is 69.2 Å². The molecule has 0 spiro atoms. The van der Waals surface area contributed by atoms with E-state index in [-0.39, 0.29) is 5.91 Å². The summed E-state index contributed by atoms with van der Waals surface area (Å²) in [7, 11) is 0. The predicted octanol–water partition coefficient (Wildman–Crippen LogP) is 2.55. The molecule has 134 valence electrons. The number of aryl methyl sites for hydroxylation is 1. The Morgan fingerprint density at radius 3 is 2.68 bits per heavy atom. The smallest absolute Gasteiger partial charge is 0.222 e. The van der Waals surface area contributed by atoms with E-state index in [4.69, 9.17) is 4.74 Å². The van der Waals surface area contributed by atoms with Crippen molar-refractivity contribution in [2.24, 2.45) is 0 Å². The summed E-state index contributed by atoms with van der Waals surface area (Å²) in [6.45, 7) is 5.55. The number of carbonyl (C=O) groups is 1. The zero-order valence-corrected chi connectivity index (χ0v) is 15.3. The second kappa shape index (κ2) is 7.81. The van der Waals surface area contributed by atoms with Gasteiger partial charge in [-0.25, -0.2) is 4.98 Å². The Hall–Kier alpha value is -1.50. The number of hydrogen-bond acceptors (Lipinski definition) is 5. The van der Waals surface area contributed by atoms with Crippen molar-refractivity contribution in [3.63, 3.8) is 0 Å². The lowest BCUT2D eigenvalue weighted by Gasteiger charge is -2.40. The molecule has 0 N–H and O–H groups in total. The molecule has 3 heterocycles. The van der Waals surface area contributed by atoms with E-state index in [1.165, 1.54) is 4.70 Å². The molecular weight excluding hydrogens is 334 g/mol. The predicted molar refractivity (Wildman–Crippen MR) is 99.9 cm³/mol. The first kappa shape index (κ1) is 16.9. The molecule has 0 atom stereocenters. The maximum atomic E-state index is 12.5. The number of carbonyl (C=O) groups excluding carboxylic acids is 1. The van der Waals surface area contributed by atoms with Crippen molar-refractivity contribution in [1.29, 1.82) is 0 Å². The van der Waals surface area contributed by atoms with E-state index < -0.39 is 0 Å². The summed E-state index contributed by atoms with van der Waals surface area (Å²) < 4.78 is 6.64. The minimum absolute atomic E-state index is 0.277. The fourth-order valence-electron chi connectivity index (χ4n) is 3.82. The largest absolute Gasteiger partial charge is 0.379 e. The lowest BCUT2D eigenvalue weighted by Crippen LogP contribution is -2.50. The SMILES string of the molecule is O=C(CCc1nc2ccccc2s1)N1CCC(N2CCOCC2)CC1. The molecule has 2 saturated heterocycles. The summed E-state index contributed by atoms with van der Waals surface area (Å²) >= 11 is 1.70. The Bertz CT molecular complexity index is 685. The number of nitrogens with zero attached hydrogens (tertiary/aromatic N) is 3. The van der Waals surface area contributed by atoms with Crippen LogP contribution in [0.5, 0.6) is 0 Å². The number of para-hydroxylation sites is 1. The minimum Gasteiger partial charge on any atom is -0.379 e. The highest BCUT2D eigenvalue weighted by molar-refractivity contribution is 7.18. The molecule has 1 aromatic heterocycles. The van der Waals surface area contributed by atoms with Gasteiger partial charge in [-0.2, -0.15) is 0 Å². The quantitative estimate of drug-likeness (QED) is 0.842. The van der Waals surface area contributed by atoms with Crippen LogP contribution in [0.3, 0.4) is 0 Å². The number of piperidine rings is 1. The molecule has 2 aliphatic heterocycles. The Morgan fingerprint density at radius 1 is 1.16 bits per heavy atom. The summed E-state index contributed by atoms with van der Waals surface area (Å²) in [6.07, 6.45) is 3.50. The van der Waals surface area contributed by atoms with Gasteiger partial charge in [0, 0.05) is 45.1 Å². The first-order valence-corrected chi connectivity index (χ1v) is 10.1. The number of ether oxygens (including phenoxy) is 1. The van der Waals surface area contributed by atoms with Gasteiger partial charge in [0.2, 0.25) is 5.91 Å². The van der Waals surface area contributed by atoms with E-state index in [2.05, 4.69) is 16.0 Å². The molecule has 5 nitrogen and oxygen atoms in total. The minimum atomic E-state index is 0.277. The van der Waals surface area contributed by atoms with Crippen LogP contribution in [-0.4, -0.2) is 66.1 Å². The van der Waals surface area contributed by atoms with Crippen LogP contribution in [-0.2, 0) is 16.0 Å². The number of rotatable bonds is 4. The molecule has 0 radical (unpaired) electrons. The fourth-order valence-corrected chi connectivity index (χ4v) is 4.79. The Balaban J connectivity index is 1.26. The van der Waals surface area contributed by atoms with Gasteiger partial charge in [-0.15, -0.1) is 11.3 Å². The highest BCUT2D eigenvalue weighted by Crippen LogP contribution is 2.23. The average molecular weight is 359 g/mol. The van der Waals surface area contributed by atoms with Gasteiger partial charge in [0.15, 0.2) is 0 Å². The van der Waals surface area contributed by atoms with E-state index in [1.54, 1.807) is 11.3 Å². The topological polar surface area (TPSA) is 45.7 Å². The molecule has 6 heteroatoms. The third-order valence-corrected chi connectivity index (χ3v) is 6.37. The molecule has 1 amide bonds. The molecule has 0 saturated carbocycles. The lowest BCUT2D eigenvalue weighted by molar-refractivity contribution is -0.133. The van der Waals surface area contributed by atoms with Gasteiger partial charge in [-0.3, -0.25) is 9.69 Å². The van der Waals surface area contributed by atoms with Crippen LogP contribution in [0.2, 0.25) is 0 Å². The van der Waals surface area contributed by atoms with E-state index in [9.17, 15) is 4.79 Å². The Morgan fingerprint density at radius 2 is 1.92 bits per heavy atom. The molecule has 1 aromatic carbocycles. The van der Waals surface area contributed by atoms with Crippen LogP contribution in [0.4, 0.5) is 0 Å². The summed E-state index contributed by atoms with van der Waals surface area (Å²) in [6, 6.07) is 8.79. The van der Waals surface area contributed by atoms with Gasteiger partial charge in [0.1, 0.15) is 0 Å². The summed E-state index contributed by atoms with van der Waals surface area (Å²) in [4.78, 5) is 21.8. The standard InChI is InChI=1S/C19H25N3O2S/c23-19(6-5-18-20-16-3-1-2-4-17(16)25-18)22-9-7-15(8-10-22)21-11-13-24-14-12-21/h1-4,15H,5-14H2. The molecule has 0 unspecified atom stereocenters. The average Bonchev–Trinajstić information content (AvgIpc) is 3.10. The number of fused-ring (bicyclic) bond motifs is 1.